The third kappa shape index (κ3) is 4.67. The molecule has 0 aliphatic carbocycles. The van der Waals surface area contributed by atoms with E-state index in [-0.39, 0.29) is 5.91 Å². The average molecular weight is 438 g/mol. The van der Waals surface area contributed by atoms with Crippen LogP contribution in [0.25, 0.3) is 21.8 Å². The molecule has 0 spiro atoms. The van der Waals surface area contributed by atoms with Crippen molar-refractivity contribution in [1.29, 1.82) is 0 Å². The molecule has 5 nitrogen and oxygen atoms in total. The van der Waals surface area contributed by atoms with Gasteiger partial charge in [-0.2, -0.15) is 0 Å². The molecule has 0 saturated carbocycles. The lowest BCUT2D eigenvalue weighted by Crippen LogP contribution is -2.23. The first-order valence-electron chi connectivity index (χ1n) is 11.5. The van der Waals surface area contributed by atoms with Crippen molar-refractivity contribution in [3.8, 4) is 0 Å². The molecule has 5 aromatic rings. The molecule has 5 rings (SSSR count). The number of nitrogens with zero attached hydrogens (tertiary/aromatic N) is 2. The number of para-hydroxylation sites is 2. The average Bonchev–Trinajstić information content (AvgIpc) is 3.50. The van der Waals surface area contributed by atoms with Crippen molar-refractivity contribution in [3.63, 3.8) is 0 Å². The Bertz CT molecular complexity index is 1360. The van der Waals surface area contributed by atoms with Crippen LogP contribution in [0, 0.1) is 0 Å². The van der Waals surface area contributed by atoms with E-state index in [0.29, 0.717) is 12.3 Å². The van der Waals surface area contributed by atoms with Crippen LogP contribution >= 0.6 is 0 Å². The molecule has 2 aromatic heterocycles. The third-order valence-corrected chi connectivity index (χ3v) is 6.05. The monoisotopic (exact) mass is 437 g/mol. The predicted octanol–water partition coefficient (Wildman–Crippen LogP) is 5.97. The zero-order valence-electron chi connectivity index (χ0n) is 18.5. The third-order valence-electron chi connectivity index (χ3n) is 6.05. The maximum absolute atomic E-state index is 12.0. The summed E-state index contributed by atoms with van der Waals surface area (Å²) < 4.78 is 7.48. The maximum atomic E-state index is 12.0. The van der Waals surface area contributed by atoms with Crippen LogP contribution in [0.3, 0.4) is 0 Å². The molecule has 0 aliphatic rings. The maximum Gasteiger partial charge on any atom is 0.286 e. The predicted molar refractivity (Wildman–Crippen MR) is 131 cm³/mol. The van der Waals surface area contributed by atoms with Crippen LogP contribution in [0.2, 0.25) is 0 Å². The first-order chi connectivity index (χ1) is 16.3. The molecule has 0 atom stereocenters. The van der Waals surface area contributed by atoms with E-state index < -0.39 is 0 Å². The highest BCUT2D eigenvalue weighted by Gasteiger charge is 2.12. The van der Waals surface area contributed by atoms with E-state index in [2.05, 4.69) is 70.5 Å². The standard InChI is InChI=1S/C28H27N3O2/c32-28(26-16-9-19-33-26)29-18-7-1-2-17-27-30-24-14-5-6-15-25(24)31(27)20-22-12-8-11-21-10-3-4-13-23(21)22/h3-6,8-16,19H,1-2,7,17-18,20H2,(H,29,32). The van der Waals surface area contributed by atoms with Crippen LogP contribution < -0.4 is 5.32 Å². The zero-order chi connectivity index (χ0) is 22.5. The molecule has 0 aliphatic heterocycles. The summed E-state index contributed by atoms with van der Waals surface area (Å²) in [6.07, 6.45) is 5.40. The van der Waals surface area contributed by atoms with Crippen molar-refractivity contribution in [1.82, 2.24) is 14.9 Å². The fourth-order valence-electron chi connectivity index (χ4n) is 4.38. The highest BCUT2D eigenvalue weighted by molar-refractivity contribution is 5.91. The number of carbonyl (C=O) groups is 1. The normalized spacial score (nSPS) is 11.3. The van der Waals surface area contributed by atoms with Crippen LogP contribution in [-0.2, 0) is 13.0 Å². The van der Waals surface area contributed by atoms with E-state index in [4.69, 9.17) is 9.40 Å². The number of aromatic nitrogens is 2. The quantitative estimate of drug-likeness (QED) is 0.289. The minimum absolute atomic E-state index is 0.156. The minimum Gasteiger partial charge on any atom is -0.459 e. The van der Waals surface area contributed by atoms with Crippen molar-refractivity contribution in [3.05, 3.63) is 102 Å². The van der Waals surface area contributed by atoms with Crippen molar-refractivity contribution in [2.24, 2.45) is 0 Å². The molecular weight excluding hydrogens is 410 g/mol. The van der Waals surface area contributed by atoms with Gasteiger partial charge in [0.25, 0.3) is 5.91 Å². The summed E-state index contributed by atoms with van der Waals surface area (Å²) in [6, 6.07) is 26.8. The van der Waals surface area contributed by atoms with E-state index in [0.717, 1.165) is 43.6 Å². The van der Waals surface area contributed by atoms with Crippen LogP contribution in [0.1, 0.15) is 41.2 Å². The molecule has 0 saturated heterocycles. The highest BCUT2D eigenvalue weighted by atomic mass is 16.3. The minimum atomic E-state index is -0.156. The molecule has 5 heteroatoms. The Labute approximate surface area is 193 Å². The molecule has 166 valence electrons. The Kier molecular flexibility index (Phi) is 6.20. The number of nitrogens with one attached hydrogen (secondary N) is 1. The topological polar surface area (TPSA) is 60.1 Å². The van der Waals surface area contributed by atoms with Crippen molar-refractivity contribution in [2.75, 3.05) is 6.54 Å². The molecule has 0 radical (unpaired) electrons. The van der Waals surface area contributed by atoms with Crippen molar-refractivity contribution in [2.45, 2.75) is 32.2 Å². The summed E-state index contributed by atoms with van der Waals surface area (Å²) in [7, 11) is 0. The smallest absolute Gasteiger partial charge is 0.286 e. The second kappa shape index (κ2) is 9.74. The first kappa shape index (κ1) is 21.0. The summed E-state index contributed by atoms with van der Waals surface area (Å²) in [5.41, 5.74) is 3.52. The van der Waals surface area contributed by atoms with E-state index in [1.165, 1.54) is 28.1 Å². The van der Waals surface area contributed by atoms with Gasteiger partial charge in [0.05, 0.1) is 17.3 Å². The molecule has 0 bridgehead atoms. The lowest BCUT2D eigenvalue weighted by molar-refractivity contribution is 0.0925. The summed E-state index contributed by atoms with van der Waals surface area (Å²) in [5.74, 6) is 1.32. The number of amides is 1. The number of carbonyl (C=O) groups excluding carboxylic acids is 1. The fourth-order valence-corrected chi connectivity index (χ4v) is 4.38. The SMILES string of the molecule is O=C(NCCCCCc1nc2ccccc2n1Cc1cccc2ccccc12)c1ccco1. The van der Waals surface area contributed by atoms with Crippen LogP contribution in [0.4, 0.5) is 0 Å². The zero-order valence-corrected chi connectivity index (χ0v) is 18.5. The number of aryl methyl sites for hydroxylation is 1. The Hall–Kier alpha value is -3.86. The van der Waals surface area contributed by atoms with Gasteiger partial charge in [-0.1, -0.05) is 61.0 Å². The number of imidazole rings is 1. The van der Waals surface area contributed by atoms with E-state index in [1.54, 1.807) is 12.1 Å². The Morgan fingerprint density at radius 1 is 0.879 bits per heavy atom. The van der Waals surface area contributed by atoms with Gasteiger partial charge >= 0.3 is 0 Å². The molecule has 0 unspecified atom stereocenters. The number of rotatable bonds is 9. The molecule has 0 fully saturated rings. The molecule has 1 amide bonds. The number of benzene rings is 3. The molecule has 2 heterocycles. The van der Waals surface area contributed by atoms with Gasteiger partial charge in [0.2, 0.25) is 0 Å². The van der Waals surface area contributed by atoms with Gasteiger partial charge in [0, 0.05) is 19.5 Å². The number of hydrogen-bond donors (Lipinski definition) is 1. The molecular formula is C28H27N3O2. The van der Waals surface area contributed by atoms with Crippen LogP contribution in [0.15, 0.2) is 89.5 Å². The summed E-state index contributed by atoms with van der Waals surface area (Å²) in [5, 5.41) is 5.46. The van der Waals surface area contributed by atoms with Gasteiger partial charge in [-0.3, -0.25) is 4.79 Å². The summed E-state index contributed by atoms with van der Waals surface area (Å²) in [4.78, 5) is 16.9. The van der Waals surface area contributed by atoms with Crippen LogP contribution in [-0.4, -0.2) is 22.0 Å². The molecule has 3 aromatic carbocycles. The highest BCUT2D eigenvalue weighted by Crippen LogP contribution is 2.24. The van der Waals surface area contributed by atoms with Gasteiger partial charge in [-0.05, 0) is 53.4 Å². The van der Waals surface area contributed by atoms with Crippen LogP contribution in [0.5, 0.6) is 0 Å². The first-order valence-corrected chi connectivity index (χ1v) is 11.5. The van der Waals surface area contributed by atoms with Crippen molar-refractivity contribution < 1.29 is 9.21 Å². The lowest BCUT2D eigenvalue weighted by Gasteiger charge is -2.12. The number of fused-ring (bicyclic) bond motifs is 2. The van der Waals surface area contributed by atoms with Gasteiger partial charge in [-0.25, -0.2) is 4.98 Å². The number of furan rings is 1. The second-order valence-electron chi connectivity index (χ2n) is 8.29. The summed E-state index contributed by atoms with van der Waals surface area (Å²) >= 11 is 0. The van der Waals surface area contributed by atoms with Gasteiger partial charge < -0.3 is 14.3 Å². The van der Waals surface area contributed by atoms with Gasteiger partial charge in [0.15, 0.2) is 5.76 Å². The molecule has 33 heavy (non-hydrogen) atoms. The largest absolute Gasteiger partial charge is 0.459 e. The fraction of sp³-hybridized carbons (Fsp3) is 0.214. The Morgan fingerprint density at radius 3 is 2.64 bits per heavy atom. The van der Waals surface area contributed by atoms with Crippen molar-refractivity contribution >= 4 is 27.7 Å². The van der Waals surface area contributed by atoms with E-state index in [9.17, 15) is 4.79 Å². The molecule has 1 N–H and O–H groups in total. The van der Waals surface area contributed by atoms with Gasteiger partial charge in [0.1, 0.15) is 5.82 Å². The van der Waals surface area contributed by atoms with E-state index >= 15 is 0 Å². The van der Waals surface area contributed by atoms with E-state index in [1.807, 2.05) is 6.07 Å². The lowest BCUT2D eigenvalue weighted by atomic mass is 10.0. The Morgan fingerprint density at radius 2 is 1.73 bits per heavy atom. The summed E-state index contributed by atoms with van der Waals surface area (Å²) in [6.45, 7) is 1.45. The number of unbranched alkanes of at least 4 members (excludes halogenated alkanes) is 2. The second-order valence-corrected chi connectivity index (χ2v) is 8.29. The van der Waals surface area contributed by atoms with Gasteiger partial charge in [-0.15, -0.1) is 0 Å². The number of hydrogen-bond acceptors (Lipinski definition) is 3. The Balaban J connectivity index is 1.26.